The second-order valence-electron chi connectivity index (χ2n) is 4.81. The summed E-state index contributed by atoms with van der Waals surface area (Å²) in [5, 5.41) is 12.2. The monoisotopic (exact) mass is 306 g/mol. The Balaban J connectivity index is 0.00000200. The van der Waals surface area contributed by atoms with Gasteiger partial charge in [0.05, 0.1) is 0 Å². The lowest BCUT2D eigenvalue weighted by molar-refractivity contribution is 0.151. The van der Waals surface area contributed by atoms with Gasteiger partial charge < -0.3 is 10.4 Å². The molecule has 0 saturated carbocycles. The molecule has 2 rings (SSSR count). The van der Waals surface area contributed by atoms with E-state index >= 15 is 0 Å². The summed E-state index contributed by atoms with van der Waals surface area (Å²) in [6.45, 7) is 3.40. The van der Waals surface area contributed by atoms with E-state index in [4.69, 9.17) is 5.11 Å². The molecule has 1 aliphatic heterocycles. The third-order valence-electron chi connectivity index (χ3n) is 3.57. The highest BCUT2D eigenvalue weighted by molar-refractivity contribution is 5.85. The summed E-state index contributed by atoms with van der Waals surface area (Å²) in [4.78, 5) is 2.16. The Morgan fingerprint density at radius 3 is 2.60 bits per heavy atom. The van der Waals surface area contributed by atoms with Crippen molar-refractivity contribution >= 4 is 12.4 Å². The fraction of sp³-hybridized carbons (Fsp3) is 0.571. The maximum absolute atomic E-state index is 14.0. The zero-order valence-corrected chi connectivity index (χ0v) is 12.1. The molecule has 0 spiro atoms. The molecule has 1 aromatic rings. The number of piperazine rings is 1. The number of nitrogens with zero attached hydrogens (tertiary/aromatic N) is 1. The molecule has 0 radical (unpaired) electrons. The fourth-order valence-corrected chi connectivity index (χ4v) is 2.59. The topological polar surface area (TPSA) is 35.5 Å². The molecule has 1 aromatic carbocycles. The molecule has 2 N–H and O–H groups in total. The van der Waals surface area contributed by atoms with Gasteiger partial charge in [-0.05, 0) is 18.9 Å². The molecule has 0 amide bonds. The van der Waals surface area contributed by atoms with Crippen molar-refractivity contribution in [2.75, 3.05) is 32.8 Å². The Kier molecular flexibility index (Phi) is 7.37. The number of aliphatic hydroxyl groups excluding tert-OH is 1. The highest BCUT2D eigenvalue weighted by Gasteiger charge is 2.25. The van der Waals surface area contributed by atoms with E-state index in [-0.39, 0.29) is 25.1 Å². The van der Waals surface area contributed by atoms with Crippen LogP contribution in [-0.2, 0) is 0 Å². The molecular formula is C14H21ClF2N2O. The van der Waals surface area contributed by atoms with Gasteiger partial charge in [-0.2, -0.15) is 0 Å². The summed E-state index contributed by atoms with van der Waals surface area (Å²) in [7, 11) is 0. The molecule has 3 nitrogen and oxygen atoms in total. The van der Waals surface area contributed by atoms with Crippen LogP contribution < -0.4 is 5.32 Å². The zero-order chi connectivity index (χ0) is 13.7. The largest absolute Gasteiger partial charge is 0.396 e. The average molecular weight is 307 g/mol. The standard InChI is InChI=1S/C14H20F2N2O.ClH/c15-12-4-1-3-11(14(12)16)13(5-2-10-19)18-8-6-17-7-9-18;/h1,3-4,13,17,19H,2,5-10H2;1H/t13-;/m1./s1. The first-order chi connectivity index (χ1) is 9.24. The van der Waals surface area contributed by atoms with Gasteiger partial charge in [-0.25, -0.2) is 8.78 Å². The van der Waals surface area contributed by atoms with Crippen molar-refractivity contribution < 1.29 is 13.9 Å². The molecule has 1 fully saturated rings. The summed E-state index contributed by atoms with van der Waals surface area (Å²) < 4.78 is 27.3. The van der Waals surface area contributed by atoms with Crippen LogP contribution in [0.1, 0.15) is 24.4 Å². The van der Waals surface area contributed by atoms with Gasteiger partial charge in [0.1, 0.15) is 0 Å². The third kappa shape index (κ3) is 4.12. The van der Waals surface area contributed by atoms with E-state index in [1.54, 1.807) is 12.1 Å². The number of aliphatic hydroxyl groups is 1. The predicted octanol–water partition coefficient (Wildman–Crippen LogP) is 2.11. The lowest BCUT2D eigenvalue weighted by Gasteiger charge is -2.35. The van der Waals surface area contributed by atoms with Crippen LogP contribution in [0.4, 0.5) is 8.78 Å². The maximum Gasteiger partial charge on any atom is 0.163 e. The summed E-state index contributed by atoms with van der Waals surface area (Å²) in [5.41, 5.74) is 0.398. The highest BCUT2D eigenvalue weighted by Crippen LogP contribution is 2.29. The number of halogens is 3. The minimum atomic E-state index is -0.804. The average Bonchev–Trinajstić information content (AvgIpc) is 2.45. The van der Waals surface area contributed by atoms with Gasteiger partial charge in [0.15, 0.2) is 11.6 Å². The van der Waals surface area contributed by atoms with E-state index in [0.29, 0.717) is 18.4 Å². The van der Waals surface area contributed by atoms with Crippen LogP contribution in [0.25, 0.3) is 0 Å². The van der Waals surface area contributed by atoms with Crippen LogP contribution in [0.15, 0.2) is 18.2 Å². The molecule has 0 aliphatic carbocycles. The van der Waals surface area contributed by atoms with Gasteiger partial charge in [-0.3, -0.25) is 4.90 Å². The van der Waals surface area contributed by atoms with Crippen LogP contribution in [0.3, 0.4) is 0 Å². The minimum absolute atomic E-state index is 0. The first-order valence-corrected chi connectivity index (χ1v) is 6.73. The van der Waals surface area contributed by atoms with E-state index in [2.05, 4.69) is 10.2 Å². The van der Waals surface area contributed by atoms with Crippen LogP contribution in [-0.4, -0.2) is 42.8 Å². The summed E-state index contributed by atoms with van der Waals surface area (Å²) in [6.07, 6.45) is 1.22. The SMILES string of the molecule is Cl.OCCC[C@H](c1cccc(F)c1F)N1CCNCC1. The van der Waals surface area contributed by atoms with E-state index in [9.17, 15) is 8.78 Å². The van der Waals surface area contributed by atoms with Crippen LogP contribution in [0.5, 0.6) is 0 Å². The molecule has 1 heterocycles. The van der Waals surface area contributed by atoms with Crippen molar-refractivity contribution in [2.24, 2.45) is 0 Å². The van der Waals surface area contributed by atoms with E-state index < -0.39 is 11.6 Å². The molecule has 1 atom stereocenters. The van der Waals surface area contributed by atoms with Gasteiger partial charge in [-0.1, -0.05) is 12.1 Å². The van der Waals surface area contributed by atoms with E-state index in [1.807, 2.05) is 0 Å². The van der Waals surface area contributed by atoms with Gasteiger partial charge >= 0.3 is 0 Å². The maximum atomic E-state index is 14.0. The van der Waals surface area contributed by atoms with E-state index in [0.717, 1.165) is 32.2 Å². The van der Waals surface area contributed by atoms with Gasteiger partial charge in [0, 0.05) is 44.4 Å². The number of hydrogen-bond acceptors (Lipinski definition) is 3. The Morgan fingerprint density at radius 1 is 1.25 bits per heavy atom. The molecule has 0 aromatic heterocycles. The van der Waals surface area contributed by atoms with Crippen molar-refractivity contribution in [2.45, 2.75) is 18.9 Å². The Morgan fingerprint density at radius 2 is 1.95 bits per heavy atom. The number of benzene rings is 1. The third-order valence-corrected chi connectivity index (χ3v) is 3.57. The molecule has 114 valence electrons. The highest BCUT2D eigenvalue weighted by atomic mass is 35.5. The van der Waals surface area contributed by atoms with Gasteiger partial charge in [0.2, 0.25) is 0 Å². The molecule has 0 bridgehead atoms. The van der Waals surface area contributed by atoms with Crippen molar-refractivity contribution in [1.29, 1.82) is 0 Å². The minimum Gasteiger partial charge on any atom is -0.396 e. The molecular weight excluding hydrogens is 286 g/mol. The Labute approximate surface area is 124 Å². The van der Waals surface area contributed by atoms with E-state index in [1.165, 1.54) is 0 Å². The van der Waals surface area contributed by atoms with Crippen molar-refractivity contribution in [3.63, 3.8) is 0 Å². The normalized spacial score (nSPS) is 17.6. The van der Waals surface area contributed by atoms with Crippen molar-refractivity contribution in [3.05, 3.63) is 35.4 Å². The number of hydrogen-bond donors (Lipinski definition) is 2. The summed E-state index contributed by atoms with van der Waals surface area (Å²) in [5.74, 6) is -1.56. The van der Waals surface area contributed by atoms with Gasteiger partial charge in [0.25, 0.3) is 0 Å². The first kappa shape index (κ1) is 17.3. The second-order valence-corrected chi connectivity index (χ2v) is 4.81. The zero-order valence-electron chi connectivity index (χ0n) is 11.3. The molecule has 1 aliphatic rings. The smallest absolute Gasteiger partial charge is 0.163 e. The predicted molar refractivity (Wildman–Crippen MR) is 77.1 cm³/mol. The molecule has 0 unspecified atom stereocenters. The number of nitrogens with one attached hydrogen (secondary N) is 1. The second kappa shape index (κ2) is 8.52. The first-order valence-electron chi connectivity index (χ1n) is 6.73. The molecule has 1 saturated heterocycles. The van der Waals surface area contributed by atoms with Crippen LogP contribution >= 0.6 is 12.4 Å². The van der Waals surface area contributed by atoms with Gasteiger partial charge in [-0.15, -0.1) is 12.4 Å². The lowest BCUT2D eigenvalue weighted by Crippen LogP contribution is -2.45. The summed E-state index contributed by atoms with van der Waals surface area (Å²) in [6, 6.07) is 4.16. The quantitative estimate of drug-likeness (QED) is 0.874. The Hall–Kier alpha value is -0.750. The number of rotatable bonds is 5. The van der Waals surface area contributed by atoms with Crippen LogP contribution in [0, 0.1) is 11.6 Å². The summed E-state index contributed by atoms with van der Waals surface area (Å²) >= 11 is 0. The van der Waals surface area contributed by atoms with Crippen molar-refractivity contribution in [3.8, 4) is 0 Å². The van der Waals surface area contributed by atoms with Crippen molar-refractivity contribution in [1.82, 2.24) is 10.2 Å². The fourth-order valence-electron chi connectivity index (χ4n) is 2.59. The molecule has 20 heavy (non-hydrogen) atoms. The van der Waals surface area contributed by atoms with Crippen LogP contribution in [0.2, 0.25) is 0 Å². The molecule has 6 heteroatoms. The Bertz CT molecular complexity index is 414. The lowest BCUT2D eigenvalue weighted by atomic mass is 9.99.